The summed E-state index contributed by atoms with van der Waals surface area (Å²) in [5, 5.41) is 0. The molecule has 1 unspecified atom stereocenters. The summed E-state index contributed by atoms with van der Waals surface area (Å²) >= 11 is 0. The quantitative estimate of drug-likeness (QED) is 0.122. The Morgan fingerprint density at radius 1 is 0.667 bits per heavy atom. The topological polar surface area (TPSA) is 44.8 Å². The van der Waals surface area contributed by atoms with Gasteiger partial charge in [-0.25, -0.2) is 4.79 Å². The van der Waals surface area contributed by atoms with Crippen molar-refractivity contribution >= 4 is 5.97 Å². The SMILES string of the molecule is CCCCCCCCOc1ccc(-c2ccc(C(=O)Oc3ccc(OCC(C)CC)cc3)cc2)cc1. The summed E-state index contributed by atoms with van der Waals surface area (Å²) in [6.45, 7) is 7.98. The summed E-state index contributed by atoms with van der Waals surface area (Å²) < 4.78 is 17.2. The molecular formula is C32H40O4. The lowest BCUT2D eigenvalue weighted by molar-refractivity contribution is 0.0734. The number of unbranched alkanes of at least 4 members (excludes halogenated alkanes) is 5. The van der Waals surface area contributed by atoms with Crippen molar-refractivity contribution in [3.63, 3.8) is 0 Å². The van der Waals surface area contributed by atoms with Crippen molar-refractivity contribution in [2.24, 2.45) is 5.92 Å². The number of hydrogen-bond acceptors (Lipinski definition) is 4. The largest absolute Gasteiger partial charge is 0.494 e. The number of rotatable bonds is 15. The van der Waals surface area contributed by atoms with Crippen LogP contribution >= 0.6 is 0 Å². The third-order valence-corrected chi connectivity index (χ3v) is 6.34. The molecule has 0 amide bonds. The van der Waals surface area contributed by atoms with Gasteiger partial charge in [-0.3, -0.25) is 0 Å². The fourth-order valence-electron chi connectivity index (χ4n) is 3.74. The molecule has 192 valence electrons. The summed E-state index contributed by atoms with van der Waals surface area (Å²) in [5.41, 5.74) is 2.63. The molecule has 0 aliphatic carbocycles. The predicted octanol–water partition coefficient (Wildman–Crippen LogP) is 8.74. The molecule has 0 spiro atoms. The van der Waals surface area contributed by atoms with E-state index in [0.29, 0.717) is 23.8 Å². The first-order valence-corrected chi connectivity index (χ1v) is 13.4. The van der Waals surface area contributed by atoms with Crippen LogP contribution in [0.4, 0.5) is 0 Å². The van der Waals surface area contributed by atoms with Crippen LogP contribution in [0.5, 0.6) is 17.2 Å². The lowest BCUT2D eigenvalue weighted by Crippen LogP contribution is -2.09. The maximum atomic E-state index is 12.6. The van der Waals surface area contributed by atoms with Gasteiger partial charge in [-0.05, 0) is 72.0 Å². The highest BCUT2D eigenvalue weighted by atomic mass is 16.5. The number of carbonyl (C=O) groups excluding carboxylic acids is 1. The van der Waals surface area contributed by atoms with Crippen LogP contribution in [0.3, 0.4) is 0 Å². The van der Waals surface area contributed by atoms with Gasteiger partial charge in [0.15, 0.2) is 0 Å². The van der Waals surface area contributed by atoms with E-state index in [1.54, 1.807) is 24.3 Å². The van der Waals surface area contributed by atoms with Crippen LogP contribution in [-0.4, -0.2) is 19.2 Å². The second-order valence-electron chi connectivity index (χ2n) is 9.40. The average molecular weight is 489 g/mol. The molecular weight excluding hydrogens is 448 g/mol. The van der Waals surface area contributed by atoms with Crippen LogP contribution in [0.2, 0.25) is 0 Å². The Hall–Kier alpha value is -3.27. The molecule has 36 heavy (non-hydrogen) atoms. The van der Waals surface area contributed by atoms with Crippen LogP contribution in [-0.2, 0) is 0 Å². The maximum Gasteiger partial charge on any atom is 0.343 e. The first-order chi connectivity index (χ1) is 17.6. The fraction of sp³-hybridized carbons (Fsp3) is 0.406. The second-order valence-corrected chi connectivity index (χ2v) is 9.40. The van der Waals surface area contributed by atoms with E-state index in [0.717, 1.165) is 42.1 Å². The summed E-state index contributed by atoms with van der Waals surface area (Å²) in [5.74, 6) is 2.29. The molecule has 4 heteroatoms. The fourth-order valence-corrected chi connectivity index (χ4v) is 3.74. The van der Waals surface area contributed by atoms with Crippen LogP contribution in [0, 0.1) is 5.92 Å². The predicted molar refractivity (Wildman–Crippen MR) is 147 cm³/mol. The third kappa shape index (κ3) is 9.07. The molecule has 1 atom stereocenters. The lowest BCUT2D eigenvalue weighted by atomic mass is 10.0. The number of benzene rings is 3. The van der Waals surface area contributed by atoms with E-state index >= 15 is 0 Å². The average Bonchev–Trinajstić information content (AvgIpc) is 2.92. The minimum Gasteiger partial charge on any atom is -0.494 e. The Balaban J connectivity index is 1.46. The van der Waals surface area contributed by atoms with Crippen LogP contribution in [0.15, 0.2) is 72.8 Å². The van der Waals surface area contributed by atoms with E-state index in [-0.39, 0.29) is 5.97 Å². The molecule has 0 bridgehead atoms. The number of hydrogen-bond donors (Lipinski definition) is 0. The smallest absolute Gasteiger partial charge is 0.343 e. The Labute approximate surface area is 216 Å². The molecule has 3 rings (SSSR count). The first kappa shape index (κ1) is 27.3. The molecule has 0 aliphatic rings. The molecule has 0 fully saturated rings. The van der Waals surface area contributed by atoms with Crippen molar-refractivity contribution < 1.29 is 19.0 Å². The van der Waals surface area contributed by atoms with Crippen LogP contribution < -0.4 is 14.2 Å². The number of carbonyl (C=O) groups is 1. The number of ether oxygens (including phenoxy) is 3. The van der Waals surface area contributed by atoms with E-state index in [4.69, 9.17) is 14.2 Å². The molecule has 0 heterocycles. The van der Waals surface area contributed by atoms with Gasteiger partial charge in [0, 0.05) is 0 Å². The minimum absolute atomic E-state index is 0.381. The Morgan fingerprint density at radius 2 is 1.19 bits per heavy atom. The van der Waals surface area contributed by atoms with E-state index in [9.17, 15) is 4.79 Å². The van der Waals surface area contributed by atoms with Gasteiger partial charge >= 0.3 is 5.97 Å². The second kappa shape index (κ2) is 15.0. The molecule has 0 aromatic heterocycles. The molecule has 4 nitrogen and oxygen atoms in total. The molecule has 3 aromatic carbocycles. The van der Waals surface area contributed by atoms with E-state index < -0.39 is 0 Å². The van der Waals surface area contributed by atoms with Gasteiger partial charge < -0.3 is 14.2 Å². The zero-order valence-corrected chi connectivity index (χ0v) is 22.0. The third-order valence-electron chi connectivity index (χ3n) is 6.34. The summed E-state index contributed by atoms with van der Waals surface area (Å²) in [4.78, 5) is 12.6. The molecule has 0 N–H and O–H groups in total. The van der Waals surface area contributed by atoms with E-state index in [1.165, 1.54) is 32.1 Å². The highest BCUT2D eigenvalue weighted by Crippen LogP contribution is 2.24. The van der Waals surface area contributed by atoms with Gasteiger partial charge in [0.25, 0.3) is 0 Å². The van der Waals surface area contributed by atoms with Gasteiger partial charge in [0.05, 0.1) is 18.8 Å². The van der Waals surface area contributed by atoms with Crippen molar-refractivity contribution in [1.29, 1.82) is 0 Å². The van der Waals surface area contributed by atoms with E-state index in [1.807, 2.05) is 36.4 Å². The van der Waals surface area contributed by atoms with E-state index in [2.05, 4.69) is 32.9 Å². The Morgan fingerprint density at radius 3 is 1.83 bits per heavy atom. The maximum absolute atomic E-state index is 12.6. The van der Waals surface area contributed by atoms with Gasteiger partial charge in [0.2, 0.25) is 0 Å². The van der Waals surface area contributed by atoms with Crippen molar-refractivity contribution in [3.05, 3.63) is 78.4 Å². The molecule has 3 aromatic rings. The standard InChI is InChI=1S/C32H40O4/c1-4-6-7-8-9-10-23-34-29-17-15-27(16-18-29)26-11-13-28(14-12-26)32(33)36-31-21-19-30(20-22-31)35-24-25(3)5-2/h11-22,25H,4-10,23-24H2,1-3H3. The number of esters is 1. The minimum atomic E-state index is -0.381. The molecule has 0 aliphatic heterocycles. The summed E-state index contributed by atoms with van der Waals surface area (Å²) in [6, 6.07) is 22.8. The lowest BCUT2D eigenvalue weighted by Gasteiger charge is -2.11. The van der Waals surface area contributed by atoms with Crippen LogP contribution in [0.25, 0.3) is 11.1 Å². The Kier molecular flexibility index (Phi) is 11.4. The molecule has 0 radical (unpaired) electrons. The van der Waals surface area contributed by atoms with Gasteiger partial charge in [-0.15, -0.1) is 0 Å². The monoisotopic (exact) mass is 488 g/mol. The zero-order valence-electron chi connectivity index (χ0n) is 22.0. The van der Waals surface area contributed by atoms with Gasteiger partial charge in [-0.2, -0.15) is 0 Å². The van der Waals surface area contributed by atoms with Crippen molar-refractivity contribution in [1.82, 2.24) is 0 Å². The van der Waals surface area contributed by atoms with Crippen molar-refractivity contribution in [2.75, 3.05) is 13.2 Å². The highest BCUT2D eigenvalue weighted by Gasteiger charge is 2.10. The van der Waals surface area contributed by atoms with Crippen molar-refractivity contribution in [2.45, 2.75) is 65.7 Å². The summed E-state index contributed by atoms with van der Waals surface area (Å²) in [6.07, 6.45) is 8.62. The molecule has 0 saturated heterocycles. The molecule has 0 saturated carbocycles. The van der Waals surface area contributed by atoms with Gasteiger partial charge in [0.1, 0.15) is 17.2 Å². The summed E-state index contributed by atoms with van der Waals surface area (Å²) in [7, 11) is 0. The zero-order chi connectivity index (χ0) is 25.6. The van der Waals surface area contributed by atoms with Crippen LogP contribution in [0.1, 0.15) is 76.1 Å². The Bertz CT molecular complexity index is 1020. The normalized spacial score (nSPS) is 11.6. The van der Waals surface area contributed by atoms with Crippen molar-refractivity contribution in [3.8, 4) is 28.4 Å². The first-order valence-electron chi connectivity index (χ1n) is 13.4. The van der Waals surface area contributed by atoms with Gasteiger partial charge in [-0.1, -0.05) is 83.6 Å². The highest BCUT2D eigenvalue weighted by molar-refractivity contribution is 5.91.